The summed E-state index contributed by atoms with van der Waals surface area (Å²) in [4.78, 5) is 0. The summed E-state index contributed by atoms with van der Waals surface area (Å²) in [6, 6.07) is 0.792. The molecular weight excluding hydrogens is 210 g/mol. The SMILES string of the molecule is CCc1nn(C)cc1CNC(C1CC1)C1CC1. The molecule has 1 heterocycles. The molecule has 0 atom stereocenters. The summed E-state index contributed by atoms with van der Waals surface area (Å²) in [6.45, 7) is 3.19. The van der Waals surface area contributed by atoms with Gasteiger partial charge in [0.1, 0.15) is 0 Å². The van der Waals surface area contributed by atoms with E-state index in [1.807, 2.05) is 11.7 Å². The molecule has 1 aromatic rings. The van der Waals surface area contributed by atoms with E-state index in [-0.39, 0.29) is 0 Å². The minimum atomic E-state index is 0.792. The lowest BCUT2D eigenvalue weighted by Crippen LogP contribution is -2.32. The van der Waals surface area contributed by atoms with Crippen molar-refractivity contribution in [2.45, 2.75) is 51.6 Å². The zero-order chi connectivity index (χ0) is 11.8. The van der Waals surface area contributed by atoms with E-state index in [0.717, 1.165) is 30.8 Å². The molecule has 2 saturated carbocycles. The summed E-state index contributed by atoms with van der Waals surface area (Å²) in [5.74, 6) is 1.95. The maximum absolute atomic E-state index is 4.50. The molecule has 0 saturated heterocycles. The van der Waals surface area contributed by atoms with Crippen molar-refractivity contribution in [3.8, 4) is 0 Å². The Bertz CT molecular complexity index is 376. The minimum absolute atomic E-state index is 0.792. The third-order valence-electron chi connectivity index (χ3n) is 4.11. The first-order valence-electron chi connectivity index (χ1n) is 7.02. The second-order valence-electron chi connectivity index (χ2n) is 5.71. The van der Waals surface area contributed by atoms with Gasteiger partial charge in [0.15, 0.2) is 0 Å². The number of nitrogens with one attached hydrogen (secondary N) is 1. The van der Waals surface area contributed by atoms with Gasteiger partial charge in [-0.25, -0.2) is 0 Å². The van der Waals surface area contributed by atoms with Crippen molar-refractivity contribution in [1.82, 2.24) is 15.1 Å². The molecule has 1 aromatic heterocycles. The largest absolute Gasteiger partial charge is 0.309 e. The predicted molar refractivity (Wildman–Crippen MR) is 68.7 cm³/mol. The van der Waals surface area contributed by atoms with E-state index in [9.17, 15) is 0 Å². The first kappa shape index (κ1) is 11.3. The maximum Gasteiger partial charge on any atom is 0.0666 e. The zero-order valence-electron chi connectivity index (χ0n) is 10.9. The van der Waals surface area contributed by atoms with Crippen LogP contribution in [-0.4, -0.2) is 15.8 Å². The number of aromatic nitrogens is 2. The van der Waals surface area contributed by atoms with Crippen LogP contribution in [0.2, 0.25) is 0 Å². The quantitative estimate of drug-likeness (QED) is 0.817. The molecule has 2 aliphatic rings. The Kier molecular flexibility index (Phi) is 2.95. The third kappa shape index (κ3) is 2.54. The molecule has 2 fully saturated rings. The molecular formula is C14H23N3. The highest BCUT2D eigenvalue weighted by Crippen LogP contribution is 2.44. The Morgan fingerprint density at radius 3 is 2.53 bits per heavy atom. The maximum atomic E-state index is 4.50. The fraction of sp³-hybridized carbons (Fsp3) is 0.786. The van der Waals surface area contributed by atoms with Gasteiger partial charge < -0.3 is 5.32 Å². The highest BCUT2D eigenvalue weighted by Gasteiger charge is 2.41. The van der Waals surface area contributed by atoms with Gasteiger partial charge >= 0.3 is 0 Å². The topological polar surface area (TPSA) is 29.9 Å². The van der Waals surface area contributed by atoms with Gasteiger partial charge in [-0.2, -0.15) is 5.10 Å². The minimum Gasteiger partial charge on any atom is -0.309 e. The molecule has 0 aliphatic heterocycles. The van der Waals surface area contributed by atoms with Crippen molar-refractivity contribution in [1.29, 1.82) is 0 Å². The monoisotopic (exact) mass is 233 g/mol. The van der Waals surface area contributed by atoms with Crippen LogP contribution in [-0.2, 0) is 20.0 Å². The summed E-state index contributed by atoms with van der Waals surface area (Å²) < 4.78 is 1.94. The fourth-order valence-electron chi connectivity index (χ4n) is 2.89. The summed E-state index contributed by atoms with van der Waals surface area (Å²) >= 11 is 0. The molecule has 3 heteroatoms. The van der Waals surface area contributed by atoms with Crippen LogP contribution in [0, 0.1) is 11.8 Å². The molecule has 2 aliphatic carbocycles. The predicted octanol–water partition coefficient (Wildman–Crippen LogP) is 2.26. The average molecular weight is 233 g/mol. The van der Waals surface area contributed by atoms with Crippen molar-refractivity contribution in [2.24, 2.45) is 18.9 Å². The second kappa shape index (κ2) is 4.45. The van der Waals surface area contributed by atoms with Gasteiger partial charge in [-0.3, -0.25) is 4.68 Å². The highest BCUT2D eigenvalue weighted by atomic mass is 15.3. The molecule has 0 unspecified atom stereocenters. The van der Waals surface area contributed by atoms with Gasteiger partial charge in [0, 0.05) is 31.4 Å². The van der Waals surface area contributed by atoms with Gasteiger partial charge in [0.2, 0.25) is 0 Å². The Labute approximate surface area is 104 Å². The molecule has 3 rings (SSSR count). The summed E-state index contributed by atoms with van der Waals surface area (Å²) in [5.41, 5.74) is 2.65. The van der Waals surface area contributed by atoms with Crippen LogP contribution in [0.1, 0.15) is 43.9 Å². The summed E-state index contributed by atoms with van der Waals surface area (Å²) in [5, 5.41) is 8.30. The summed E-state index contributed by atoms with van der Waals surface area (Å²) in [7, 11) is 2.02. The van der Waals surface area contributed by atoms with Crippen LogP contribution in [0.4, 0.5) is 0 Å². The molecule has 0 aromatic carbocycles. The Morgan fingerprint density at radius 2 is 2.00 bits per heavy atom. The van der Waals surface area contributed by atoms with Gasteiger partial charge in [0.25, 0.3) is 0 Å². The molecule has 1 N–H and O–H groups in total. The Balaban J connectivity index is 1.61. The van der Waals surface area contributed by atoms with Crippen molar-refractivity contribution in [2.75, 3.05) is 0 Å². The third-order valence-corrected chi connectivity index (χ3v) is 4.11. The van der Waals surface area contributed by atoms with E-state index in [2.05, 4.69) is 23.5 Å². The normalized spacial score (nSPS) is 20.2. The van der Waals surface area contributed by atoms with E-state index >= 15 is 0 Å². The molecule has 0 radical (unpaired) electrons. The molecule has 0 spiro atoms. The lowest BCUT2D eigenvalue weighted by atomic mass is 10.1. The lowest BCUT2D eigenvalue weighted by molar-refractivity contribution is 0.415. The number of aryl methyl sites for hydroxylation is 2. The molecule has 3 nitrogen and oxygen atoms in total. The standard InChI is InChI=1S/C14H23N3/c1-3-13-12(9-17(2)16-13)8-15-14(10-4-5-10)11-6-7-11/h9-11,14-15H,3-8H2,1-2H3. The van der Waals surface area contributed by atoms with E-state index in [1.165, 1.54) is 36.9 Å². The number of nitrogens with zero attached hydrogens (tertiary/aromatic N) is 2. The van der Waals surface area contributed by atoms with E-state index in [0.29, 0.717) is 0 Å². The Morgan fingerprint density at radius 1 is 1.35 bits per heavy atom. The van der Waals surface area contributed by atoms with Gasteiger partial charge in [-0.05, 0) is 43.9 Å². The Hall–Kier alpha value is -0.830. The summed E-state index contributed by atoms with van der Waals surface area (Å²) in [6.07, 6.45) is 8.99. The van der Waals surface area contributed by atoms with Gasteiger partial charge in [-0.1, -0.05) is 6.92 Å². The second-order valence-corrected chi connectivity index (χ2v) is 5.71. The zero-order valence-corrected chi connectivity index (χ0v) is 10.9. The van der Waals surface area contributed by atoms with Crippen LogP contribution in [0.5, 0.6) is 0 Å². The van der Waals surface area contributed by atoms with Gasteiger partial charge in [0.05, 0.1) is 5.69 Å². The van der Waals surface area contributed by atoms with Crippen LogP contribution in [0.25, 0.3) is 0 Å². The van der Waals surface area contributed by atoms with Crippen LogP contribution in [0.15, 0.2) is 6.20 Å². The number of hydrogen-bond acceptors (Lipinski definition) is 2. The number of hydrogen-bond donors (Lipinski definition) is 1. The van der Waals surface area contributed by atoms with E-state index in [4.69, 9.17) is 0 Å². The fourth-order valence-corrected chi connectivity index (χ4v) is 2.89. The lowest BCUT2D eigenvalue weighted by Gasteiger charge is -2.17. The van der Waals surface area contributed by atoms with E-state index < -0.39 is 0 Å². The van der Waals surface area contributed by atoms with Crippen molar-refractivity contribution in [3.05, 3.63) is 17.5 Å². The first-order chi connectivity index (χ1) is 8.28. The van der Waals surface area contributed by atoms with Crippen molar-refractivity contribution >= 4 is 0 Å². The first-order valence-corrected chi connectivity index (χ1v) is 7.02. The average Bonchev–Trinajstić information content (AvgIpc) is 3.18. The van der Waals surface area contributed by atoms with Gasteiger partial charge in [-0.15, -0.1) is 0 Å². The molecule has 17 heavy (non-hydrogen) atoms. The number of rotatable bonds is 6. The van der Waals surface area contributed by atoms with Crippen LogP contribution >= 0.6 is 0 Å². The van der Waals surface area contributed by atoms with E-state index in [1.54, 1.807) is 0 Å². The van der Waals surface area contributed by atoms with Crippen LogP contribution in [0.3, 0.4) is 0 Å². The van der Waals surface area contributed by atoms with Crippen molar-refractivity contribution in [3.63, 3.8) is 0 Å². The van der Waals surface area contributed by atoms with Crippen molar-refractivity contribution < 1.29 is 0 Å². The molecule has 94 valence electrons. The highest BCUT2D eigenvalue weighted by molar-refractivity contribution is 5.17. The smallest absolute Gasteiger partial charge is 0.0666 e. The molecule has 0 bridgehead atoms. The molecule has 0 amide bonds. The van der Waals surface area contributed by atoms with Crippen LogP contribution < -0.4 is 5.32 Å².